The van der Waals surface area contributed by atoms with E-state index in [-0.39, 0.29) is 6.61 Å². The maximum absolute atomic E-state index is 8.99. The molecule has 0 aliphatic carbocycles. The highest BCUT2D eigenvalue weighted by Crippen LogP contribution is 2.23. The van der Waals surface area contributed by atoms with Crippen molar-refractivity contribution in [3.63, 3.8) is 0 Å². The molecule has 0 amide bonds. The van der Waals surface area contributed by atoms with Crippen molar-refractivity contribution in [2.75, 3.05) is 19.6 Å². The summed E-state index contributed by atoms with van der Waals surface area (Å²) in [6.45, 7) is 6.07. The molecule has 0 spiro atoms. The summed E-state index contributed by atoms with van der Waals surface area (Å²) in [4.78, 5) is 7.89. The predicted molar refractivity (Wildman–Crippen MR) is 66.6 cm³/mol. The molecule has 2 rings (SSSR count). The van der Waals surface area contributed by atoms with Crippen LogP contribution in [0.5, 0.6) is 0 Å². The second kappa shape index (κ2) is 5.75. The molecule has 4 heteroatoms. The Kier molecular flexibility index (Phi) is 4.32. The van der Waals surface area contributed by atoms with Crippen molar-refractivity contribution in [2.24, 2.45) is 5.92 Å². The van der Waals surface area contributed by atoms with E-state index in [2.05, 4.69) is 16.8 Å². The number of aliphatic hydroxyl groups is 1. The van der Waals surface area contributed by atoms with E-state index in [4.69, 9.17) is 5.11 Å². The van der Waals surface area contributed by atoms with Gasteiger partial charge in [-0.2, -0.15) is 0 Å². The van der Waals surface area contributed by atoms with Gasteiger partial charge in [0, 0.05) is 19.2 Å². The highest BCUT2D eigenvalue weighted by Gasteiger charge is 2.22. The molecule has 1 aliphatic rings. The lowest BCUT2D eigenvalue weighted by molar-refractivity contribution is 0.285. The lowest BCUT2D eigenvalue weighted by atomic mass is 10.1. The molecule has 3 nitrogen and oxygen atoms in total. The zero-order valence-corrected chi connectivity index (χ0v) is 10.7. The van der Waals surface area contributed by atoms with Crippen molar-refractivity contribution in [3.8, 4) is 0 Å². The molecule has 0 radical (unpaired) electrons. The normalized spacial score (nSPS) is 21.8. The minimum absolute atomic E-state index is 0.129. The zero-order valence-electron chi connectivity index (χ0n) is 9.85. The molecule has 0 saturated carbocycles. The lowest BCUT2D eigenvalue weighted by Gasteiger charge is -2.13. The van der Waals surface area contributed by atoms with Crippen molar-refractivity contribution >= 4 is 11.3 Å². The SMILES string of the molecule is CCCN1CC[C@@H](Cc2ncc(CO)s2)C1. The molecule has 1 aromatic rings. The van der Waals surface area contributed by atoms with Gasteiger partial charge in [-0.15, -0.1) is 11.3 Å². The third kappa shape index (κ3) is 3.03. The van der Waals surface area contributed by atoms with E-state index in [1.54, 1.807) is 17.5 Å². The minimum Gasteiger partial charge on any atom is -0.391 e. The van der Waals surface area contributed by atoms with Gasteiger partial charge in [-0.25, -0.2) is 4.98 Å². The maximum atomic E-state index is 8.99. The van der Waals surface area contributed by atoms with Gasteiger partial charge in [-0.1, -0.05) is 6.92 Å². The van der Waals surface area contributed by atoms with Crippen LogP contribution in [0.4, 0.5) is 0 Å². The van der Waals surface area contributed by atoms with Gasteiger partial charge in [-0.3, -0.25) is 0 Å². The van der Waals surface area contributed by atoms with Gasteiger partial charge >= 0.3 is 0 Å². The summed E-state index contributed by atoms with van der Waals surface area (Å²) in [6.07, 6.45) is 5.44. The Balaban J connectivity index is 1.82. The third-order valence-electron chi connectivity index (χ3n) is 3.13. The van der Waals surface area contributed by atoms with E-state index in [1.165, 1.54) is 37.5 Å². The molecule has 0 aromatic carbocycles. The number of thiazole rings is 1. The molecule has 1 atom stereocenters. The first-order chi connectivity index (χ1) is 7.81. The van der Waals surface area contributed by atoms with Crippen LogP contribution in [-0.2, 0) is 13.0 Å². The predicted octanol–water partition coefficient (Wildman–Crippen LogP) is 1.91. The van der Waals surface area contributed by atoms with Crippen LogP contribution in [0.3, 0.4) is 0 Å². The Morgan fingerprint density at radius 1 is 1.62 bits per heavy atom. The Morgan fingerprint density at radius 3 is 3.19 bits per heavy atom. The molecule has 1 N–H and O–H groups in total. The van der Waals surface area contributed by atoms with Crippen LogP contribution < -0.4 is 0 Å². The Hall–Kier alpha value is -0.450. The summed E-state index contributed by atoms with van der Waals surface area (Å²) < 4.78 is 0. The van der Waals surface area contributed by atoms with Crippen molar-refractivity contribution in [1.29, 1.82) is 0 Å². The van der Waals surface area contributed by atoms with E-state index in [9.17, 15) is 0 Å². The van der Waals surface area contributed by atoms with Crippen molar-refractivity contribution in [3.05, 3.63) is 16.1 Å². The third-order valence-corrected chi connectivity index (χ3v) is 4.13. The molecule has 1 fully saturated rings. The molecule has 1 aliphatic heterocycles. The highest BCUT2D eigenvalue weighted by atomic mass is 32.1. The second-order valence-corrected chi connectivity index (χ2v) is 5.74. The number of hydrogen-bond acceptors (Lipinski definition) is 4. The van der Waals surface area contributed by atoms with Crippen LogP contribution in [0, 0.1) is 5.92 Å². The topological polar surface area (TPSA) is 36.4 Å². The first-order valence-corrected chi connectivity index (χ1v) is 6.90. The van der Waals surface area contributed by atoms with Gasteiger partial charge in [0.1, 0.15) is 0 Å². The van der Waals surface area contributed by atoms with E-state index >= 15 is 0 Å². The summed E-state index contributed by atoms with van der Waals surface area (Å²) in [5.41, 5.74) is 0. The first kappa shape index (κ1) is 12.0. The molecule has 1 saturated heterocycles. The number of hydrogen-bond donors (Lipinski definition) is 1. The molecule has 1 aromatic heterocycles. The highest BCUT2D eigenvalue weighted by molar-refractivity contribution is 7.11. The summed E-state index contributed by atoms with van der Waals surface area (Å²) in [6, 6.07) is 0. The standard InChI is InChI=1S/C12H20N2OS/c1-2-4-14-5-3-10(8-14)6-12-13-7-11(9-15)16-12/h7,10,15H,2-6,8-9H2,1H3/t10-/m0/s1. The maximum Gasteiger partial charge on any atom is 0.0931 e. The molecule has 0 bridgehead atoms. The van der Waals surface area contributed by atoms with Crippen LogP contribution in [0.1, 0.15) is 29.7 Å². The molecular weight excluding hydrogens is 220 g/mol. The van der Waals surface area contributed by atoms with Gasteiger partial charge in [0.25, 0.3) is 0 Å². The molecule has 2 heterocycles. The first-order valence-electron chi connectivity index (χ1n) is 6.08. The van der Waals surface area contributed by atoms with E-state index < -0.39 is 0 Å². The number of aromatic nitrogens is 1. The Bertz CT molecular complexity index is 327. The zero-order chi connectivity index (χ0) is 11.4. The molecule has 16 heavy (non-hydrogen) atoms. The van der Waals surface area contributed by atoms with Gasteiger partial charge in [-0.05, 0) is 31.8 Å². The fourth-order valence-electron chi connectivity index (χ4n) is 2.36. The fraction of sp³-hybridized carbons (Fsp3) is 0.750. The van der Waals surface area contributed by atoms with E-state index in [1.807, 2.05) is 0 Å². The number of likely N-dealkylation sites (tertiary alicyclic amines) is 1. The van der Waals surface area contributed by atoms with Crippen LogP contribution in [0.15, 0.2) is 6.20 Å². The smallest absolute Gasteiger partial charge is 0.0931 e. The average Bonchev–Trinajstić information content (AvgIpc) is 2.89. The largest absolute Gasteiger partial charge is 0.391 e. The van der Waals surface area contributed by atoms with Gasteiger partial charge in [0.2, 0.25) is 0 Å². The van der Waals surface area contributed by atoms with Crippen molar-refractivity contribution in [2.45, 2.75) is 32.8 Å². The molecule has 90 valence electrons. The summed E-state index contributed by atoms with van der Waals surface area (Å²) in [5.74, 6) is 0.768. The summed E-state index contributed by atoms with van der Waals surface area (Å²) in [5, 5.41) is 10.2. The number of nitrogens with zero attached hydrogens (tertiary/aromatic N) is 2. The summed E-state index contributed by atoms with van der Waals surface area (Å²) in [7, 11) is 0. The number of rotatable bonds is 5. The van der Waals surface area contributed by atoms with E-state index in [0.29, 0.717) is 0 Å². The Labute approximate surface area is 101 Å². The minimum atomic E-state index is 0.129. The van der Waals surface area contributed by atoms with Gasteiger partial charge in [0.05, 0.1) is 16.5 Å². The van der Waals surface area contributed by atoms with Crippen LogP contribution in [0.25, 0.3) is 0 Å². The van der Waals surface area contributed by atoms with Crippen molar-refractivity contribution < 1.29 is 5.11 Å². The number of aliphatic hydroxyl groups excluding tert-OH is 1. The van der Waals surface area contributed by atoms with Crippen molar-refractivity contribution in [1.82, 2.24) is 9.88 Å². The average molecular weight is 240 g/mol. The lowest BCUT2D eigenvalue weighted by Crippen LogP contribution is -2.21. The quantitative estimate of drug-likeness (QED) is 0.854. The van der Waals surface area contributed by atoms with Crippen LogP contribution in [0.2, 0.25) is 0 Å². The van der Waals surface area contributed by atoms with E-state index in [0.717, 1.165) is 17.2 Å². The molecular formula is C12H20N2OS. The van der Waals surface area contributed by atoms with Crippen LogP contribution >= 0.6 is 11.3 Å². The fourth-order valence-corrected chi connectivity index (χ4v) is 3.26. The Morgan fingerprint density at radius 2 is 2.50 bits per heavy atom. The van der Waals surface area contributed by atoms with Crippen LogP contribution in [-0.4, -0.2) is 34.6 Å². The van der Waals surface area contributed by atoms with Gasteiger partial charge < -0.3 is 10.0 Å². The molecule has 0 unspecified atom stereocenters. The monoisotopic (exact) mass is 240 g/mol. The second-order valence-electron chi connectivity index (χ2n) is 4.54. The summed E-state index contributed by atoms with van der Waals surface area (Å²) >= 11 is 1.65. The van der Waals surface area contributed by atoms with Gasteiger partial charge in [0.15, 0.2) is 0 Å².